The first kappa shape index (κ1) is 17.6. The fraction of sp³-hybridized carbons (Fsp3) is 0.474. The van der Waals surface area contributed by atoms with Crippen LogP contribution in [0.2, 0.25) is 0 Å². The van der Waals surface area contributed by atoms with E-state index in [-0.39, 0.29) is 17.8 Å². The second-order valence-electron chi connectivity index (χ2n) is 6.89. The summed E-state index contributed by atoms with van der Waals surface area (Å²) in [5.41, 5.74) is 3.96. The van der Waals surface area contributed by atoms with Crippen molar-refractivity contribution >= 4 is 5.91 Å². The monoisotopic (exact) mass is 344 g/mol. The number of H-pyrrole nitrogens is 1. The summed E-state index contributed by atoms with van der Waals surface area (Å²) in [5.74, 6) is -0.0566. The van der Waals surface area contributed by atoms with Gasteiger partial charge >= 0.3 is 0 Å². The summed E-state index contributed by atoms with van der Waals surface area (Å²) in [5, 5.41) is 7.11. The number of nitrogens with zero attached hydrogens (tertiary/aromatic N) is 3. The number of aromatic nitrogens is 2. The zero-order chi connectivity index (χ0) is 18.0. The zero-order valence-electron chi connectivity index (χ0n) is 15.1. The van der Waals surface area contributed by atoms with Gasteiger partial charge in [-0.2, -0.15) is 5.10 Å². The van der Waals surface area contributed by atoms with Gasteiger partial charge in [0.15, 0.2) is 0 Å². The second kappa shape index (κ2) is 7.35. The Kier molecular flexibility index (Phi) is 5.18. The summed E-state index contributed by atoms with van der Waals surface area (Å²) >= 11 is 0. The molecule has 2 heterocycles. The molecule has 0 bridgehead atoms. The number of aromatic amines is 1. The molecule has 0 aliphatic carbocycles. The highest BCUT2D eigenvalue weighted by Gasteiger charge is 2.28. The van der Waals surface area contributed by atoms with E-state index in [2.05, 4.69) is 22.0 Å². The maximum Gasteiger partial charge on any atom is 0.227 e. The van der Waals surface area contributed by atoms with Gasteiger partial charge in [-0.15, -0.1) is 0 Å². The van der Waals surface area contributed by atoms with Crippen molar-refractivity contribution in [3.63, 3.8) is 0 Å². The largest absolute Gasteiger partial charge is 0.337 e. The lowest BCUT2D eigenvalue weighted by molar-refractivity contribution is -0.135. The smallest absolute Gasteiger partial charge is 0.227 e. The van der Waals surface area contributed by atoms with Gasteiger partial charge in [-0.05, 0) is 38.5 Å². The van der Waals surface area contributed by atoms with E-state index in [1.165, 1.54) is 12.1 Å². The van der Waals surface area contributed by atoms with E-state index in [0.29, 0.717) is 6.42 Å². The minimum atomic E-state index is -0.211. The molecule has 0 saturated carbocycles. The van der Waals surface area contributed by atoms with E-state index in [1.54, 1.807) is 0 Å². The first-order valence-electron chi connectivity index (χ1n) is 8.70. The maximum atomic E-state index is 13.0. The lowest BCUT2D eigenvalue weighted by Gasteiger charge is -2.40. The Morgan fingerprint density at radius 2 is 2.00 bits per heavy atom. The molecular weight excluding hydrogens is 319 g/mol. The van der Waals surface area contributed by atoms with Crippen LogP contribution in [0.25, 0.3) is 0 Å². The second-order valence-corrected chi connectivity index (χ2v) is 6.89. The molecule has 0 unspecified atom stereocenters. The fourth-order valence-electron chi connectivity index (χ4n) is 3.48. The molecule has 134 valence electrons. The third kappa shape index (κ3) is 4.07. The first-order valence-corrected chi connectivity index (χ1v) is 8.70. The van der Waals surface area contributed by atoms with Gasteiger partial charge in [-0.3, -0.25) is 14.8 Å². The van der Waals surface area contributed by atoms with Crippen LogP contribution in [-0.4, -0.2) is 51.6 Å². The number of carbonyl (C=O) groups excluding carboxylic acids is 1. The molecule has 6 heteroatoms. The number of hydrogen-bond acceptors (Lipinski definition) is 3. The van der Waals surface area contributed by atoms with Crippen LogP contribution in [0, 0.1) is 19.7 Å². The molecule has 3 rings (SSSR count). The third-order valence-corrected chi connectivity index (χ3v) is 4.96. The number of halogens is 1. The Hall–Kier alpha value is -2.21. The average molecular weight is 344 g/mol. The summed E-state index contributed by atoms with van der Waals surface area (Å²) < 4.78 is 13.0. The Balaban J connectivity index is 1.58. The molecule has 1 aromatic carbocycles. The first-order chi connectivity index (χ1) is 11.9. The topological polar surface area (TPSA) is 52.2 Å². The molecular formula is C19H25FN4O. The van der Waals surface area contributed by atoms with Crippen molar-refractivity contribution < 1.29 is 9.18 Å². The normalized spacial score (nSPS) is 18.6. The van der Waals surface area contributed by atoms with Crippen molar-refractivity contribution in [3.8, 4) is 0 Å². The number of piperazine rings is 1. The van der Waals surface area contributed by atoms with E-state index in [1.807, 2.05) is 30.9 Å². The van der Waals surface area contributed by atoms with Gasteiger partial charge in [0, 0.05) is 43.5 Å². The summed E-state index contributed by atoms with van der Waals surface area (Å²) in [6.07, 6.45) is 0.399. The number of carbonyl (C=O) groups is 1. The molecule has 1 aromatic heterocycles. The van der Waals surface area contributed by atoms with Crippen LogP contribution < -0.4 is 0 Å². The molecule has 1 aliphatic rings. The Labute approximate surface area is 147 Å². The molecule has 5 nitrogen and oxygen atoms in total. The molecule has 1 aliphatic heterocycles. The number of aryl methyl sites for hydroxylation is 2. The molecule has 0 spiro atoms. The molecule has 1 atom stereocenters. The van der Waals surface area contributed by atoms with Crippen molar-refractivity contribution in [2.45, 2.75) is 39.8 Å². The molecule has 1 saturated heterocycles. The van der Waals surface area contributed by atoms with Crippen LogP contribution in [0.1, 0.15) is 29.4 Å². The van der Waals surface area contributed by atoms with Crippen LogP contribution in [0.5, 0.6) is 0 Å². The highest BCUT2D eigenvalue weighted by molar-refractivity contribution is 5.79. The minimum absolute atomic E-state index is 0.154. The molecule has 1 N–H and O–H groups in total. The van der Waals surface area contributed by atoms with Gasteiger partial charge in [0.2, 0.25) is 5.91 Å². The Morgan fingerprint density at radius 3 is 2.60 bits per heavy atom. The Bertz CT molecular complexity index is 721. The predicted octanol–water partition coefficient (Wildman–Crippen LogP) is 2.44. The highest BCUT2D eigenvalue weighted by atomic mass is 19.1. The number of hydrogen-bond donors (Lipinski definition) is 1. The van der Waals surface area contributed by atoms with Crippen LogP contribution in [0.4, 0.5) is 4.39 Å². The fourth-order valence-corrected chi connectivity index (χ4v) is 3.48. The lowest BCUT2D eigenvalue weighted by atomic mass is 10.1. The third-order valence-electron chi connectivity index (χ3n) is 4.96. The molecule has 25 heavy (non-hydrogen) atoms. The molecule has 1 amide bonds. The van der Waals surface area contributed by atoms with Crippen molar-refractivity contribution in [1.29, 1.82) is 0 Å². The van der Waals surface area contributed by atoms with E-state index in [9.17, 15) is 9.18 Å². The van der Waals surface area contributed by atoms with Gasteiger partial charge in [0.05, 0.1) is 12.1 Å². The number of amides is 1. The zero-order valence-corrected chi connectivity index (χ0v) is 15.1. The lowest BCUT2D eigenvalue weighted by Crippen LogP contribution is -2.54. The van der Waals surface area contributed by atoms with E-state index in [4.69, 9.17) is 0 Å². The average Bonchev–Trinajstić information content (AvgIpc) is 2.89. The van der Waals surface area contributed by atoms with Crippen molar-refractivity contribution in [2.24, 2.45) is 0 Å². The number of nitrogens with one attached hydrogen (secondary N) is 1. The molecule has 1 fully saturated rings. The van der Waals surface area contributed by atoms with Crippen molar-refractivity contribution in [3.05, 3.63) is 52.6 Å². The summed E-state index contributed by atoms with van der Waals surface area (Å²) in [6.45, 7) is 9.12. The standard InChI is InChI=1S/C19H25FN4O/c1-13-11-23(12-16-4-6-17(20)7-5-16)8-9-24(13)19(25)10-18-14(2)21-22-15(18)3/h4-7,13H,8-12H2,1-3H3,(H,21,22)/t13-/m1/s1. The van der Waals surface area contributed by atoms with Gasteiger partial charge < -0.3 is 4.90 Å². The summed E-state index contributed by atoms with van der Waals surface area (Å²) in [7, 11) is 0. The van der Waals surface area contributed by atoms with Crippen LogP contribution in [0.15, 0.2) is 24.3 Å². The van der Waals surface area contributed by atoms with Crippen molar-refractivity contribution in [2.75, 3.05) is 19.6 Å². The molecule has 0 radical (unpaired) electrons. The molecule has 2 aromatic rings. The van der Waals surface area contributed by atoms with Crippen molar-refractivity contribution in [1.82, 2.24) is 20.0 Å². The summed E-state index contributed by atoms with van der Waals surface area (Å²) in [4.78, 5) is 17.0. The van der Waals surface area contributed by atoms with E-state index < -0.39 is 0 Å². The minimum Gasteiger partial charge on any atom is -0.337 e. The highest BCUT2D eigenvalue weighted by Crippen LogP contribution is 2.17. The number of rotatable bonds is 4. The van der Waals surface area contributed by atoms with Gasteiger partial charge in [0.1, 0.15) is 5.82 Å². The van der Waals surface area contributed by atoms with Crippen LogP contribution in [0.3, 0.4) is 0 Å². The predicted molar refractivity (Wildman–Crippen MR) is 94.6 cm³/mol. The van der Waals surface area contributed by atoms with Gasteiger partial charge in [-0.25, -0.2) is 4.39 Å². The SMILES string of the molecule is Cc1n[nH]c(C)c1CC(=O)N1CCN(Cc2ccc(F)cc2)C[C@H]1C. The maximum absolute atomic E-state index is 13.0. The van der Waals surface area contributed by atoms with Crippen LogP contribution in [-0.2, 0) is 17.8 Å². The van der Waals surface area contributed by atoms with Gasteiger partial charge in [-0.1, -0.05) is 12.1 Å². The van der Waals surface area contributed by atoms with E-state index >= 15 is 0 Å². The Morgan fingerprint density at radius 1 is 1.28 bits per heavy atom. The number of benzene rings is 1. The van der Waals surface area contributed by atoms with E-state index in [0.717, 1.165) is 48.7 Å². The summed E-state index contributed by atoms with van der Waals surface area (Å²) in [6, 6.07) is 6.79. The van der Waals surface area contributed by atoms with Gasteiger partial charge in [0.25, 0.3) is 0 Å². The quantitative estimate of drug-likeness (QED) is 0.927. The van der Waals surface area contributed by atoms with Crippen LogP contribution >= 0.6 is 0 Å².